The van der Waals surface area contributed by atoms with Crippen molar-refractivity contribution in [3.8, 4) is 0 Å². The number of thioether (sulfide) groups is 1. The van der Waals surface area contributed by atoms with Crippen LogP contribution in [0.4, 0.5) is 0 Å². The third-order valence-corrected chi connectivity index (χ3v) is 4.97. The van der Waals surface area contributed by atoms with Gasteiger partial charge in [0.25, 0.3) is 0 Å². The zero-order valence-corrected chi connectivity index (χ0v) is 13.3. The lowest BCUT2D eigenvalue weighted by molar-refractivity contribution is -0.130. The van der Waals surface area contributed by atoms with Crippen LogP contribution in [0.3, 0.4) is 0 Å². The van der Waals surface area contributed by atoms with E-state index in [9.17, 15) is 4.79 Å². The van der Waals surface area contributed by atoms with E-state index in [0.29, 0.717) is 11.7 Å². The zero-order valence-electron chi connectivity index (χ0n) is 11.7. The van der Waals surface area contributed by atoms with E-state index < -0.39 is 0 Å². The van der Waals surface area contributed by atoms with Crippen molar-refractivity contribution in [3.63, 3.8) is 0 Å². The first kappa shape index (κ1) is 14.4. The van der Waals surface area contributed by atoms with Crippen molar-refractivity contribution >= 4 is 40.6 Å². The van der Waals surface area contributed by atoms with E-state index in [1.807, 2.05) is 37.3 Å². The zero-order chi connectivity index (χ0) is 15.0. The van der Waals surface area contributed by atoms with E-state index >= 15 is 0 Å². The molecule has 2 aliphatic heterocycles. The number of carbonyl (C=O) groups excluding carboxylic acids is 1. The minimum absolute atomic E-state index is 0.00146. The minimum atomic E-state index is -0.191. The maximum atomic E-state index is 12.8. The van der Waals surface area contributed by atoms with E-state index in [-0.39, 0.29) is 17.2 Å². The van der Waals surface area contributed by atoms with Gasteiger partial charge in [0.15, 0.2) is 5.11 Å². The fraction of sp³-hybridized carbons (Fsp3) is 0.250. The van der Waals surface area contributed by atoms with Crippen LogP contribution in [0.2, 0.25) is 0 Å². The molecule has 3 nitrogen and oxygen atoms in total. The van der Waals surface area contributed by atoms with Crippen molar-refractivity contribution < 1.29 is 4.79 Å². The largest absolute Gasteiger partial charge is 0.349 e. The molecule has 1 aromatic carbocycles. The number of nitrogens with one attached hydrogen (secondary N) is 1. The van der Waals surface area contributed by atoms with Gasteiger partial charge in [-0.25, -0.2) is 0 Å². The Hall–Kier alpha value is -1.59. The highest BCUT2D eigenvalue weighted by atomic mass is 32.2. The topological polar surface area (TPSA) is 32.3 Å². The van der Waals surface area contributed by atoms with Gasteiger partial charge in [0.2, 0.25) is 5.91 Å². The van der Waals surface area contributed by atoms with Crippen LogP contribution in [-0.2, 0) is 4.79 Å². The number of fused-ring (bicyclic) bond motifs is 1. The molecule has 1 amide bonds. The molecular weight excluding hydrogens is 300 g/mol. The Bertz CT molecular complexity index is 639. The molecule has 5 heteroatoms. The molecule has 21 heavy (non-hydrogen) atoms. The third kappa shape index (κ3) is 2.63. The molecule has 1 N–H and O–H groups in total. The molecule has 1 aromatic rings. The van der Waals surface area contributed by atoms with Gasteiger partial charge in [0, 0.05) is 6.54 Å². The maximum Gasteiger partial charge on any atom is 0.239 e. The third-order valence-electron chi connectivity index (χ3n) is 3.56. The molecule has 2 unspecified atom stereocenters. The molecule has 0 spiro atoms. The van der Waals surface area contributed by atoms with Gasteiger partial charge in [-0.1, -0.05) is 42.5 Å². The van der Waals surface area contributed by atoms with Crippen LogP contribution in [0.15, 0.2) is 47.9 Å². The van der Waals surface area contributed by atoms with Gasteiger partial charge >= 0.3 is 0 Å². The Morgan fingerprint density at radius 2 is 2.14 bits per heavy atom. The van der Waals surface area contributed by atoms with Crippen molar-refractivity contribution in [1.82, 2.24) is 10.2 Å². The van der Waals surface area contributed by atoms with E-state index in [1.165, 1.54) is 0 Å². The summed E-state index contributed by atoms with van der Waals surface area (Å²) in [6.45, 7) is 6.25. The van der Waals surface area contributed by atoms with E-state index in [2.05, 4.69) is 17.3 Å². The van der Waals surface area contributed by atoms with Crippen molar-refractivity contribution in [2.75, 3.05) is 6.54 Å². The van der Waals surface area contributed by atoms with Crippen molar-refractivity contribution in [2.45, 2.75) is 12.3 Å². The molecule has 108 valence electrons. The van der Waals surface area contributed by atoms with Crippen LogP contribution in [0.5, 0.6) is 0 Å². The highest BCUT2D eigenvalue weighted by Gasteiger charge is 2.44. The van der Waals surface area contributed by atoms with Gasteiger partial charge in [-0.2, -0.15) is 0 Å². The number of thiocarbonyl (C=S) groups is 1. The Balaban J connectivity index is 1.91. The highest BCUT2D eigenvalue weighted by Crippen LogP contribution is 2.42. The first-order valence-electron chi connectivity index (χ1n) is 6.75. The monoisotopic (exact) mass is 316 g/mol. The first-order valence-corrected chi connectivity index (χ1v) is 8.10. The smallest absolute Gasteiger partial charge is 0.239 e. The SMILES string of the molecule is C=C(C)CN1C(=O)C2C(c3ccccc3)=CSC2NC1=S. The Labute approximate surface area is 134 Å². The molecule has 2 heterocycles. The summed E-state index contributed by atoms with van der Waals surface area (Å²) in [6, 6.07) is 10.0. The van der Waals surface area contributed by atoms with Gasteiger partial charge in [-0.15, -0.1) is 11.8 Å². The summed E-state index contributed by atoms with van der Waals surface area (Å²) in [6.07, 6.45) is 0. The van der Waals surface area contributed by atoms with Gasteiger partial charge in [-0.05, 0) is 35.7 Å². The van der Waals surface area contributed by atoms with Crippen LogP contribution >= 0.6 is 24.0 Å². The summed E-state index contributed by atoms with van der Waals surface area (Å²) in [5, 5.41) is 5.84. The molecule has 2 aliphatic rings. The molecule has 1 fully saturated rings. The van der Waals surface area contributed by atoms with Crippen LogP contribution in [0, 0.1) is 5.92 Å². The van der Waals surface area contributed by atoms with Crippen LogP contribution in [0.1, 0.15) is 12.5 Å². The highest BCUT2D eigenvalue weighted by molar-refractivity contribution is 8.03. The Kier molecular flexibility index (Phi) is 3.87. The molecule has 3 rings (SSSR count). The van der Waals surface area contributed by atoms with Crippen LogP contribution in [-0.4, -0.2) is 27.8 Å². The lowest BCUT2D eigenvalue weighted by Crippen LogP contribution is -2.58. The number of rotatable bonds is 3. The van der Waals surface area contributed by atoms with Crippen molar-refractivity contribution in [3.05, 3.63) is 53.5 Å². The summed E-state index contributed by atoms with van der Waals surface area (Å²) in [4.78, 5) is 14.5. The number of hydrogen-bond acceptors (Lipinski definition) is 3. The number of hydrogen-bond donors (Lipinski definition) is 1. The number of carbonyl (C=O) groups is 1. The summed E-state index contributed by atoms with van der Waals surface area (Å²) in [5.41, 5.74) is 3.08. The summed E-state index contributed by atoms with van der Waals surface area (Å²) in [7, 11) is 0. The fourth-order valence-electron chi connectivity index (χ4n) is 2.61. The molecule has 1 saturated heterocycles. The predicted octanol–water partition coefficient (Wildman–Crippen LogP) is 3.01. The first-order chi connectivity index (χ1) is 10.1. The average Bonchev–Trinajstić information content (AvgIpc) is 2.88. The molecule has 0 aromatic heterocycles. The summed E-state index contributed by atoms with van der Waals surface area (Å²) < 4.78 is 0. The molecule has 0 radical (unpaired) electrons. The Morgan fingerprint density at radius 3 is 2.81 bits per heavy atom. The quantitative estimate of drug-likeness (QED) is 0.686. The Morgan fingerprint density at radius 1 is 1.43 bits per heavy atom. The normalized spacial score (nSPS) is 24.4. The second-order valence-corrected chi connectivity index (χ2v) is 6.71. The number of nitrogens with zero attached hydrogens (tertiary/aromatic N) is 1. The lowest BCUT2D eigenvalue weighted by atomic mass is 9.91. The van der Waals surface area contributed by atoms with Gasteiger partial charge in [-0.3, -0.25) is 9.69 Å². The summed E-state index contributed by atoms with van der Waals surface area (Å²) >= 11 is 6.95. The van der Waals surface area contributed by atoms with E-state index in [4.69, 9.17) is 12.2 Å². The van der Waals surface area contributed by atoms with Crippen molar-refractivity contribution in [1.29, 1.82) is 0 Å². The predicted molar refractivity (Wildman–Crippen MR) is 91.5 cm³/mol. The fourth-order valence-corrected chi connectivity index (χ4v) is 4.14. The van der Waals surface area contributed by atoms with E-state index in [1.54, 1.807) is 16.7 Å². The minimum Gasteiger partial charge on any atom is -0.349 e. The van der Waals surface area contributed by atoms with Crippen LogP contribution in [0.25, 0.3) is 5.57 Å². The van der Waals surface area contributed by atoms with Crippen molar-refractivity contribution in [2.24, 2.45) is 5.92 Å². The second-order valence-electron chi connectivity index (χ2n) is 5.30. The molecule has 2 atom stereocenters. The van der Waals surface area contributed by atoms with Crippen LogP contribution < -0.4 is 5.32 Å². The molecular formula is C16H16N2OS2. The van der Waals surface area contributed by atoms with Gasteiger partial charge < -0.3 is 5.32 Å². The number of amides is 1. The molecule has 0 aliphatic carbocycles. The maximum absolute atomic E-state index is 12.8. The average molecular weight is 316 g/mol. The number of benzene rings is 1. The molecule has 0 bridgehead atoms. The lowest BCUT2D eigenvalue weighted by Gasteiger charge is -2.37. The second kappa shape index (κ2) is 5.66. The molecule has 0 saturated carbocycles. The standard InChI is InChI=1S/C16H16N2OS2/c1-10(2)8-18-15(19)13-12(11-6-4-3-5-7-11)9-21-14(13)17-16(18)20/h3-7,9,13-14H,1,8H2,2H3,(H,17,20). The van der Waals surface area contributed by atoms with E-state index in [0.717, 1.165) is 16.7 Å². The summed E-state index contributed by atoms with van der Waals surface area (Å²) in [5.74, 6) is -0.129. The van der Waals surface area contributed by atoms with Gasteiger partial charge in [0.05, 0.1) is 11.3 Å². The van der Waals surface area contributed by atoms with Gasteiger partial charge in [0.1, 0.15) is 0 Å².